The zero-order chi connectivity index (χ0) is 30.4. The SMILES string of the molecule is Cc1[nH]c(/C=C2\C(=O)Nc3ccc(S(=O)Cc4c(Cl)cccc4Cl)cc32)c(C)c1C(=O)N1CCC[C@H]1CN1CC[C@@H](F)C1.O. The number of aromatic nitrogens is 1. The number of H-pyrrole nitrogens is 1. The highest BCUT2D eigenvalue weighted by Crippen LogP contribution is 2.37. The maximum Gasteiger partial charge on any atom is 0.256 e. The van der Waals surface area contributed by atoms with Crippen molar-refractivity contribution in [2.75, 3.05) is 31.5 Å². The van der Waals surface area contributed by atoms with E-state index in [0.717, 1.165) is 30.6 Å². The van der Waals surface area contributed by atoms with Crippen molar-refractivity contribution in [3.05, 3.63) is 80.1 Å². The fourth-order valence-electron chi connectivity index (χ4n) is 6.41. The number of benzene rings is 2. The number of nitrogens with one attached hydrogen (secondary N) is 2. The molecular formula is C32H35Cl2FN4O4S. The molecule has 2 fully saturated rings. The number of amides is 2. The number of carbonyl (C=O) groups excluding carboxylic acids is 2. The van der Waals surface area contributed by atoms with Gasteiger partial charge in [-0.05, 0) is 75.1 Å². The van der Waals surface area contributed by atoms with Gasteiger partial charge in [0.2, 0.25) is 0 Å². The Labute approximate surface area is 268 Å². The molecule has 0 spiro atoms. The van der Waals surface area contributed by atoms with Crippen LogP contribution in [-0.2, 0) is 21.3 Å². The third-order valence-corrected chi connectivity index (χ3v) is 10.7. The van der Waals surface area contributed by atoms with Crippen molar-refractivity contribution in [1.82, 2.24) is 14.8 Å². The molecule has 3 aliphatic heterocycles. The van der Waals surface area contributed by atoms with Crippen LogP contribution in [0.5, 0.6) is 0 Å². The average molecular weight is 662 g/mol. The van der Waals surface area contributed by atoms with E-state index in [1.54, 1.807) is 42.5 Å². The van der Waals surface area contributed by atoms with Crippen LogP contribution < -0.4 is 5.32 Å². The van der Waals surface area contributed by atoms with Crippen LogP contribution in [0.25, 0.3) is 11.6 Å². The molecule has 0 radical (unpaired) electrons. The zero-order valence-electron chi connectivity index (χ0n) is 24.5. The Morgan fingerprint density at radius 3 is 2.59 bits per heavy atom. The van der Waals surface area contributed by atoms with E-state index in [-0.39, 0.29) is 29.1 Å². The molecule has 2 amide bonds. The minimum absolute atomic E-state index is 0. The normalized spacial score (nSPS) is 21.4. The highest BCUT2D eigenvalue weighted by molar-refractivity contribution is 7.84. The number of nitrogens with zero attached hydrogens (tertiary/aromatic N) is 2. The molecule has 44 heavy (non-hydrogen) atoms. The number of hydrogen-bond donors (Lipinski definition) is 2. The molecule has 4 N–H and O–H groups in total. The van der Waals surface area contributed by atoms with Crippen molar-refractivity contribution in [2.24, 2.45) is 0 Å². The Kier molecular flexibility index (Phi) is 9.67. The fourth-order valence-corrected chi connectivity index (χ4v) is 8.30. The molecule has 1 aromatic heterocycles. The molecule has 0 bridgehead atoms. The molecule has 1 unspecified atom stereocenters. The first-order valence-electron chi connectivity index (χ1n) is 14.5. The van der Waals surface area contributed by atoms with Crippen molar-refractivity contribution in [2.45, 2.75) is 56.0 Å². The molecule has 3 aliphatic rings. The fraction of sp³-hybridized carbons (Fsp3) is 0.375. The number of aromatic amines is 1. The first-order valence-corrected chi connectivity index (χ1v) is 16.5. The summed E-state index contributed by atoms with van der Waals surface area (Å²) >= 11 is 12.6. The second-order valence-electron chi connectivity index (χ2n) is 11.5. The Balaban J connectivity index is 0.00000384. The van der Waals surface area contributed by atoms with E-state index < -0.39 is 17.0 Å². The number of hydrogen-bond acceptors (Lipinski definition) is 4. The summed E-state index contributed by atoms with van der Waals surface area (Å²) in [5, 5.41) is 3.79. The van der Waals surface area contributed by atoms with Gasteiger partial charge in [-0.25, -0.2) is 4.39 Å². The van der Waals surface area contributed by atoms with E-state index in [2.05, 4.69) is 15.2 Å². The lowest BCUT2D eigenvalue weighted by molar-refractivity contribution is -0.110. The quantitative estimate of drug-likeness (QED) is 0.323. The number of alkyl halides is 1. The van der Waals surface area contributed by atoms with Crippen LogP contribution in [0.3, 0.4) is 0 Å². The molecule has 3 atom stereocenters. The smallest absolute Gasteiger partial charge is 0.256 e. The summed E-state index contributed by atoms with van der Waals surface area (Å²) in [6.07, 6.45) is 3.35. The van der Waals surface area contributed by atoms with Gasteiger partial charge in [-0.1, -0.05) is 29.3 Å². The summed E-state index contributed by atoms with van der Waals surface area (Å²) < 4.78 is 27.1. The van der Waals surface area contributed by atoms with Crippen molar-refractivity contribution in [3.63, 3.8) is 0 Å². The first kappa shape index (κ1) is 32.4. The lowest BCUT2D eigenvalue weighted by atomic mass is 10.0. The van der Waals surface area contributed by atoms with E-state index in [9.17, 15) is 18.2 Å². The number of carbonyl (C=O) groups is 2. The molecule has 3 aromatic rings. The van der Waals surface area contributed by atoms with E-state index in [1.807, 2.05) is 18.7 Å². The number of halogens is 3. The largest absolute Gasteiger partial charge is 0.412 e. The van der Waals surface area contributed by atoms with Gasteiger partial charge in [-0.15, -0.1) is 0 Å². The number of aryl methyl sites for hydroxylation is 1. The molecule has 0 saturated carbocycles. The second-order valence-corrected chi connectivity index (χ2v) is 13.8. The van der Waals surface area contributed by atoms with Crippen LogP contribution in [0.15, 0.2) is 41.3 Å². The predicted molar refractivity (Wildman–Crippen MR) is 173 cm³/mol. The summed E-state index contributed by atoms with van der Waals surface area (Å²) in [4.78, 5) is 34.8. The van der Waals surface area contributed by atoms with Gasteiger partial charge in [-0.3, -0.25) is 18.7 Å². The van der Waals surface area contributed by atoms with Crippen LogP contribution >= 0.6 is 23.2 Å². The van der Waals surface area contributed by atoms with Crippen LogP contribution in [0.1, 0.15) is 57.7 Å². The van der Waals surface area contributed by atoms with Gasteiger partial charge < -0.3 is 20.7 Å². The molecule has 0 aliphatic carbocycles. The molecule has 234 valence electrons. The van der Waals surface area contributed by atoms with E-state index in [0.29, 0.717) is 74.6 Å². The molecular weight excluding hydrogens is 626 g/mol. The Morgan fingerprint density at radius 1 is 1.14 bits per heavy atom. The van der Waals surface area contributed by atoms with Crippen molar-refractivity contribution >= 4 is 63.2 Å². The molecule has 12 heteroatoms. The van der Waals surface area contributed by atoms with Gasteiger partial charge in [-0.2, -0.15) is 0 Å². The summed E-state index contributed by atoms with van der Waals surface area (Å²) in [5.74, 6) is -0.175. The Bertz CT molecular complexity index is 1660. The number of anilines is 1. The second kappa shape index (κ2) is 13.1. The van der Waals surface area contributed by atoms with Gasteiger partial charge >= 0.3 is 0 Å². The van der Waals surface area contributed by atoms with Crippen LogP contribution in [0, 0.1) is 13.8 Å². The summed E-state index contributed by atoms with van der Waals surface area (Å²) in [7, 11) is -1.46. The predicted octanol–water partition coefficient (Wildman–Crippen LogP) is 5.56. The van der Waals surface area contributed by atoms with Crippen LogP contribution in [0.4, 0.5) is 10.1 Å². The van der Waals surface area contributed by atoms with E-state index >= 15 is 0 Å². The third kappa shape index (κ3) is 6.23. The summed E-state index contributed by atoms with van der Waals surface area (Å²) in [6, 6.07) is 10.5. The first-order chi connectivity index (χ1) is 20.6. The minimum Gasteiger partial charge on any atom is -0.412 e. The maximum absolute atomic E-state index is 13.8. The highest BCUT2D eigenvalue weighted by atomic mass is 35.5. The molecule has 8 nitrogen and oxygen atoms in total. The van der Waals surface area contributed by atoms with Gasteiger partial charge in [0.1, 0.15) is 6.17 Å². The van der Waals surface area contributed by atoms with Crippen molar-refractivity contribution < 1.29 is 23.7 Å². The van der Waals surface area contributed by atoms with E-state index in [1.165, 1.54) is 0 Å². The lowest BCUT2D eigenvalue weighted by Crippen LogP contribution is -2.43. The molecule has 2 saturated heterocycles. The standard InChI is InChI=1S/C32H33Cl2FN4O3S.H2O/c1-18-29(36-19(2)30(18)32(41)39-11-4-5-21(39)16-38-12-10-20(35)15-38)14-24-23-13-22(8-9-28(23)37-31(24)40)43(42)17-25-26(33)6-3-7-27(25)34;/h3,6-9,13-14,20-21,36H,4-5,10-12,15-17H2,1-2H3,(H,37,40);1H2/b24-14-;/t20-,21+,43?;/m1./s1. The monoisotopic (exact) mass is 660 g/mol. The zero-order valence-corrected chi connectivity index (χ0v) is 26.8. The molecule has 4 heterocycles. The summed E-state index contributed by atoms with van der Waals surface area (Å²) in [6.45, 7) is 6.28. The van der Waals surface area contributed by atoms with Crippen LogP contribution in [0.2, 0.25) is 10.0 Å². The summed E-state index contributed by atoms with van der Waals surface area (Å²) in [5.41, 5.74) is 5.06. The van der Waals surface area contributed by atoms with Crippen LogP contribution in [-0.4, -0.2) is 74.7 Å². The number of rotatable bonds is 7. The van der Waals surface area contributed by atoms with Gasteiger partial charge in [0.25, 0.3) is 11.8 Å². The lowest BCUT2D eigenvalue weighted by Gasteiger charge is -2.28. The number of fused-ring (bicyclic) bond motifs is 1. The molecule has 6 rings (SSSR count). The number of likely N-dealkylation sites (tertiary alicyclic amines) is 2. The highest BCUT2D eigenvalue weighted by Gasteiger charge is 2.35. The molecule has 2 aromatic carbocycles. The van der Waals surface area contributed by atoms with Gasteiger partial charge in [0.05, 0.1) is 27.7 Å². The Hall–Kier alpha value is -3.02. The third-order valence-electron chi connectivity index (χ3n) is 8.67. The van der Waals surface area contributed by atoms with Crippen molar-refractivity contribution in [3.8, 4) is 0 Å². The topological polar surface area (TPSA) is 117 Å². The van der Waals surface area contributed by atoms with E-state index in [4.69, 9.17) is 23.2 Å². The Morgan fingerprint density at radius 2 is 1.89 bits per heavy atom. The van der Waals surface area contributed by atoms with Gasteiger partial charge in [0, 0.05) is 75.4 Å². The van der Waals surface area contributed by atoms with Crippen molar-refractivity contribution in [1.29, 1.82) is 0 Å². The average Bonchev–Trinajstić information content (AvgIpc) is 3.73. The minimum atomic E-state index is -1.46. The van der Waals surface area contributed by atoms with Gasteiger partial charge in [0.15, 0.2) is 0 Å². The maximum atomic E-state index is 13.8.